The smallest absolute Gasteiger partial charge is 0.187 e. The van der Waals surface area contributed by atoms with E-state index in [1.807, 2.05) is 31.2 Å². The molecule has 0 atom stereocenters. The molecule has 0 fully saturated rings. The Kier molecular flexibility index (Phi) is 6.85. The summed E-state index contributed by atoms with van der Waals surface area (Å²) in [5, 5.41) is 11.0. The molecule has 26 heavy (non-hydrogen) atoms. The second kappa shape index (κ2) is 9.32. The molecular formula is C21H23N3O2. The van der Waals surface area contributed by atoms with Crippen molar-refractivity contribution in [2.75, 3.05) is 12.4 Å². The first-order chi connectivity index (χ1) is 12.6. The van der Waals surface area contributed by atoms with Crippen LogP contribution in [0.25, 0.3) is 6.08 Å². The van der Waals surface area contributed by atoms with Crippen LogP contribution in [0, 0.1) is 5.41 Å². The third-order valence-corrected chi connectivity index (χ3v) is 3.90. The van der Waals surface area contributed by atoms with Gasteiger partial charge < -0.3 is 15.5 Å². The zero-order valence-corrected chi connectivity index (χ0v) is 15.1. The second-order valence-electron chi connectivity index (χ2n) is 5.57. The lowest BCUT2D eigenvalue weighted by Crippen LogP contribution is -2.09. The number of ether oxygens (including phenoxy) is 1. The van der Waals surface area contributed by atoms with Crippen molar-refractivity contribution in [2.45, 2.75) is 19.9 Å². The average Bonchev–Trinajstić information content (AvgIpc) is 2.69. The lowest BCUT2D eigenvalue weighted by molar-refractivity contribution is 0.104. The summed E-state index contributed by atoms with van der Waals surface area (Å²) in [5.41, 5.74) is 2.65. The molecule has 134 valence electrons. The number of hydrogen-bond acceptors (Lipinski definition) is 5. The fourth-order valence-corrected chi connectivity index (χ4v) is 2.49. The van der Waals surface area contributed by atoms with E-state index in [1.165, 1.54) is 18.5 Å². The highest BCUT2D eigenvalue weighted by atomic mass is 16.5. The summed E-state index contributed by atoms with van der Waals surface area (Å²) in [4.78, 5) is 16.7. The highest BCUT2D eigenvalue weighted by molar-refractivity contribution is 6.09. The fourth-order valence-electron chi connectivity index (χ4n) is 2.49. The highest BCUT2D eigenvalue weighted by Crippen LogP contribution is 2.22. The van der Waals surface area contributed by atoms with Gasteiger partial charge in [0.05, 0.1) is 7.11 Å². The fraction of sp³-hybridized carbons (Fsp3) is 0.190. The van der Waals surface area contributed by atoms with Crippen LogP contribution in [0.3, 0.4) is 0 Å². The molecule has 0 saturated heterocycles. The van der Waals surface area contributed by atoms with Gasteiger partial charge in [0, 0.05) is 30.1 Å². The van der Waals surface area contributed by atoms with Crippen LogP contribution in [0.5, 0.6) is 5.75 Å². The third-order valence-electron chi connectivity index (χ3n) is 3.90. The summed E-state index contributed by atoms with van der Waals surface area (Å²) in [7, 11) is 1.63. The number of nitrogens with one attached hydrogen (secondary N) is 2. The maximum atomic E-state index is 12.3. The van der Waals surface area contributed by atoms with Gasteiger partial charge in [0.25, 0.3) is 0 Å². The van der Waals surface area contributed by atoms with E-state index in [0.29, 0.717) is 29.1 Å². The zero-order chi connectivity index (χ0) is 18.9. The number of nitrogens with zero attached hydrogens (tertiary/aromatic N) is 1. The lowest BCUT2D eigenvalue weighted by Gasteiger charge is -2.13. The Morgan fingerprint density at radius 1 is 1.31 bits per heavy atom. The Hall–Kier alpha value is -3.21. The van der Waals surface area contributed by atoms with Crippen LogP contribution >= 0.6 is 0 Å². The number of ketones is 1. The number of hydrogen-bond donors (Lipinski definition) is 2. The monoisotopic (exact) mass is 349 g/mol. The molecule has 2 rings (SSSR count). The molecule has 5 heteroatoms. The molecule has 1 heterocycles. The van der Waals surface area contributed by atoms with Crippen molar-refractivity contribution in [1.82, 2.24) is 4.98 Å². The van der Waals surface area contributed by atoms with Gasteiger partial charge in [0.2, 0.25) is 0 Å². The van der Waals surface area contributed by atoms with Crippen LogP contribution in [-0.4, -0.2) is 24.1 Å². The van der Waals surface area contributed by atoms with Crippen LogP contribution in [0.1, 0.15) is 40.4 Å². The molecule has 2 aromatic rings. The predicted molar refractivity (Wildman–Crippen MR) is 106 cm³/mol. The van der Waals surface area contributed by atoms with E-state index in [2.05, 4.69) is 16.9 Å². The molecule has 0 unspecified atom stereocenters. The first kappa shape index (κ1) is 19.1. The topological polar surface area (TPSA) is 75.1 Å². The molecule has 0 radical (unpaired) electrons. The molecular weight excluding hydrogens is 326 g/mol. The highest BCUT2D eigenvalue weighted by Gasteiger charge is 2.15. The maximum absolute atomic E-state index is 12.3. The SMILES string of the molecule is C=Cc1c(C(=O)/C=C\CC)cnc(NCc2ccc(OC)cc2)c1C=N. The van der Waals surface area contributed by atoms with Gasteiger partial charge >= 0.3 is 0 Å². The van der Waals surface area contributed by atoms with Crippen molar-refractivity contribution in [3.8, 4) is 5.75 Å². The van der Waals surface area contributed by atoms with E-state index in [4.69, 9.17) is 10.1 Å². The summed E-state index contributed by atoms with van der Waals surface area (Å²) in [6.45, 7) is 6.30. The summed E-state index contributed by atoms with van der Waals surface area (Å²) in [6.07, 6.45) is 8.43. The van der Waals surface area contributed by atoms with E-state index in [0.717, 1.165) is 17.7 Å². The Balaban J connectivity index is 2.28. The minimum Gasteiger partial charge on any atom is -0.497 e. The van der Waals surface area contributed by atoms with Gasteiger partial charge in [-0.25, -0.2) is 4.98 Å². The first-order valence-electron chi connectivity index (χ1n) is 8.38. The molecule has 0 amide bonds. The van der Waals surface area contributed by atoms with Gasteiger partial charge in [0.1, 0.15) is 11.6 Å². The Morgan fingerprint density at radius 3 is 2.62 bits per heavy atom. The summed E-state index contributed by atoms with van der Waals surface area (Å²) in [6, 6.07) is 7.69. The molecule has 0 saturated carbocycles. The molecule has 0 aliphatic carbocycles. The Labute approximate surface area is 153 Å². The van der Waals surface area contributed by atoms with Gasteiger partial charge in [-0.05, 0) is 35.8 Å². The number of benzene rings is 1. The summed E-state index contributed by atoms with van der Waals surface area (Å²) in [5.74, 6) is 1.20. The van der Waals surface area contributed by atoms with Gasteiger partial charge in [-0.1, -0.05) is 37.8 Å². The molecule has 1 aromatic carbocycles. The van der Waals surface area contributed by atoms with Crippen molar-refractivity contribution >= 4 is 23.9 Å². The van der Waals surface area contributed by atoms with Crippen molar-refractivity contribution < 1.29 is 9.53 Å². The minimum atomic E-state index is -0.140. The van der Waals surface area contributed by atoms with Crippen molar-refractivity contribution in [3.05, 3.63) is 71.4 Å². The number of rotatable bonds is 9. The number of allylic oxidation sites excluding steroid dienone is 2. The lowest BCUT2D eigenvalue weighted by atomic mass is 10.00. The average molecular weight is 349 g/mol. The van der Waals surface area contributed by atoms with Crippen LogP contribution in [0.2, 0.25) is 0 Å². The van der Waals surface area contributed by atoms with Crippen LogP contribution in [-0.2, 0) is 6.54 Å². The molecule has 2 N–H and O–H groups in total. The number of carbonyl (C=O) groups excluding carboxylic acids is 1. The van der Waals surface area contributed by atoms with Crippen LogP contribution in [0.4, 0.5) is 5.82 Å². The van der Waals surface area contributed by atoms with E-state index in [9.17, 15) is 4.79 Å². The van der Waals surface area contributed by atoms with Gasteiger partial charge in [-0.2, -0.15) is 0 Å². The van der Waals surface area contributed by atoms with E-state index >= 15 is 0 Å². The van der Waals surface area contributed by atoms with Crippen molar-refractivity contribution in [2.24, 2.45) is 0 Å². The van der Waals surface area contributed by atoms with Crippen LogP contribution in [0.15, 0.2) is 49.2 Å². The number of carbonyl (C=O) groups is 1. The van der Waals surface area contributed by atoms with E-state index in [1.54, 1.807) is 19.3 Å². The number of anilines is 1. The summed E-state index contributed by atoms with van der Waals surface area (Å²) < 4.78 is 5.15. The molecule has 1 aromatic heterocycles. The van der Waals surface area contributed by atoms with E-state index < -0.39 is 0 Å². The molecule has 0 bridgehead atoms. The quantitative estimate of drug-likeness (QED) is 0.397. The second-order valence-corrected chi connectivity index (χ2v) is 5.57. The Bertz CT molecular complexity index is 824. The third kappa shape index (κ3) is 4.45. The molecule has 0 aliphatic heterocycles. The minimum absolute atomic E-state index is 0.140. The normalized spacial score (nSPS) is 10.5. The number of pyridine rings is 1. The number of methoxy groups -OCH3 is 1. The summed E-state index contributed by atoms with van der Waals surface area (Å²) >= 11 is 0. The number of aromatic nitrogens is 1. The van der Waals surface area contributed by atoms with E-state index in [-0.39, 0.29) is 5.78 Å². The van der Waals surface area contributed by atoms with Crippen molar-refractivity contribution in [3.63, 3.8) is 0 Å². The largest absolute Gasteiger partial charge is 0.497 e. The Morgan fingerprint density at radius 2 is 2.04 bits per heavy atom. The predicted octanol–water partition coefficient (Wildman–Crippen LogP) is 4.49. The molecule has 0 aliphatic rings. The first-order valence-corrected chi connectivity index (χ1v) is 8.38. The zero-order valence-electron chi connectivity index (χ0n) is 15.1. The van der Waals surface area contributed by atoms with Crippen molar-refractivity contribution in [1.29, 1.82) is 5.41 Å². The van der Waals surface area contributed by atoms with Gasteiger partial charge in [-0.15, -0.1) is 0 Å². The van der Waals surface area contributed by atoms with Gasteiger partial charge in [-0.3, -0.25) is 4.79 Å². The molecule has 0 spiro atoms. The maximum Gasteiger partial charge on any atom is 0.187 e. The van der Waals surface area contributed by atoms with Crippen LogP contribution < -0.4 is 10.1 Å². The van der Waals surface area contributed by atoms with Gasteiger partial charge in [0.15, 0.2) is 5.78 Å². The standard InChI is InChI=1S/C21H23N3O2/c1-4-6-7-20(25)19-14-24-21(18(12-22)17(19)5-2)23-13-15-8-10-16(26-3)11-9-15/h5-12,14,22H,2,4,13H2,1,3H3,(H,23,24)/b7-6-,22-12?. The molecule has 5 nitrogen and oxygen atoms in total.